The van der Waals surface area contributed by atoms with Crippen LogP contribution in [0.4, 0.5) is 0 Å². The number of carbonyl (C=O) groups is 1. The Bertz CT molecular complexity index is 243. The number of nitrogens with zero attached hydrogens (tertiary/aromatic N) is 1. The predicted octanol–water partition coefficient (Wildman–Crippen LogP) is 2.17. The van der Waals surface area contributed by atoms with Gasteiger partial charge in [0.05, 0.1) is 0 Å². The molecule has 1 heterocycles. The summed E-state index contributed by atoms with van der Waals surface area (Å²) in [7, 11) is 0. The molecule has 0 aromatic carbocycles. The molecule has 0 aromatic heterocycles. The van der Waals surface area contributed by atoms with Gasteiger partial charge < -0.3 is 5.32 Å². The van der Waals surface area contributed by atoms with Crippen LogP contribution < -0.4 is 5.32 Å². The zero-order valence-corrected chi connectivity index (χ0v) is 11.1. The van der Waals surface area contributed by atoms with Crippen molar-refractivity contribution < 1.29 is 4.79 Å². The van der Waals surface area contributed by atoms with Gasteiger partial charge in [-0.3, -0.25) is 9.69 Å². The number of rotatable bonds is 4. The Hall–Kier alpha value is -0.570. The Morgan fingerprint density at radius 1 is 1.18 bits per heavy atom. The molecular weight excluding hydrogens is 212 g/mol. The first-order valence-electron chi connectivity index (χ1n) is 7.29. The van der Waals surface area contributed by atoms with Crippen LogP contribution in [0.25, 0.3) is 0 Å². The van der Waals surface area contributed by atoms with Gasteiger partial charge in [-0.25, -0.2) is 0 Å². The predicted molar refractivity (Wildman–Crippen MR) is 69.9 cm³/mol. The maximum Gasteiger partial charge on any atom is 0.223 e. The number of carbonyl (C=O) groups excluding carboxylic acids is 1. The number of nitrogens with one attached hydrogen (secondary N) is 1. The molecule has 3 nitrogen and oxygen atoms in total. The van der Waals surface area contributed by atoms with E-state index in [2.05, 4.69) is 17.1 Å². The minimum Gasteiger partial charge on any atom is -0.354 e. The highest BCUT2D eigenvalue weighted by Crippen LogP contribution is 2.23. The summed E-state index contributed by atoms with van der Waals surface area (Å²) in [4.78, 5) is 14.5. The summed E-state index contributed by atoms with van der Waals surface area (Å²) in [6.07, 6.45) is 8.63. The molecule has 0 spiro atoms. The van der Waals surface area contributed by atoms with Crippen LogP contribution in [0.2, 0.25) is 0 Å². The molecule has 2 aliphatic rings. The lowest BCUT2D eigenvalue weighted by atomic mass is 9.88. The molecule has 1 amide bonds. The molecule has 1 N–H and O–H groups in total. The van der Waals surface area contributed by atoms with Gasteiger partial charge in [0.1, 0.15) is 0 Å². The van der Waals surface area contributed by atoms with Crippen molar-refractivity contribution in [3.63, 3.8) is 0 Å². The Morgan fingerprint density at radius 2 is 1.82 bits per heavy atom. The lowest BCUT2D eigenvalue weighted by Crippen LogP contribution is -2.42. The van der Waals surface area contributed by atoms with Gasteiger partial charge in [0.2, 0.25) is 5.91 Å². The highest BCUT2D eigenvalue weighted by molar-refractivity contribution is 5.78. The fraction of sp³-hybridized carbons (Fsp3) is 0.929. The third kappa shape index (κ3) is 3.70. The van der Waals surface area contributed by atoms with Gasteiger partial charge in [0.15, 0.2) is 0 Å². The maximum atomic E-state index is 12.0. The Morgan fingerprint density at radius 3 is 2.47 bits per heavy atom. The zero-order valence-electron chi connectivity index (χ0n) is 11.1. The fourth-order valence-electron chi connectivity index (χ4n) is 3.07. The van der Waals surface area contributed by atoms with Gasteiger partial charge in [-0.1, -0.05) is 19.3 Å². The van der Waals surface area contributed by atoms with E-state index in [1.165, 1.54) is 45.2 Å². The third-order valence-electron chi connectivity index (χ3n) is 4.31. The van der Waals surface area contributed by atoms with Crippen LogP contribution in [0.15, 0.2) is 0 Å². The van der Waals surface area contributed by atoms with Gasteiger partial charge in [-0.05, 0) is 45.7 Å². The van der Waals surface area contributed by atoms with E-state index in [0.717, 1.165) is 19.4 Å². The Labute approximate surface area is 105 Å². The second-order valence-electron chi connectivity index (χ2n) is 5.67. The van der Waals surface area contributed by atoms with Crippen LogP contribution >= 0.6 is 0 Å². The van der Waals surface area contributed by atoms with Crippen molar-refractivity contribution in [3.8, 4) is 0 Å². The lowest BCUT2D eigenvalue weighted by Gasteiger charge is -2.26. The SMILES string of the molecule is C[C@H](CNC(=O)C1CCCCC1)N1CCCC1. The summed E-state index contributed by atoms with van der Waals surface area (Å²) in [6.45, 7) is 5.47. The van der Waals surface area contributed by atoms with Crippen molar-refractivity contribution in [2.75, 3.05) is 19.6 Å². The van der Waals surface area contributed by atoms with Crippen LogP contribution in [-0.4, -0.2) is 36.5 Å². The minimum absolute atomic E-state index is 0.300. The molecule has 0 radical (unpaired) electrons. The summed E-state index contributed by atoms with van der Waals surface area (Å²) in [6, 6.07) is 0.505. The van der Waals surface area contributed by atoms with Gasteiger partial charge in [0, 0.05) is 18.5 Å². The van der Waals surface area contributed by atoms with Crippen LogP contribution in [0.1, 0.15) is 51.9 Å². The van der Waals surface area contributed by atoms with Crippen LogP contribution in [0, 0.1) is 5.92 Å². The average Bonchev–Trinajstić information content (AvgIpc) is 2.90. The summed E-state index contributed by atoms with van der Waals surface area (Å²) < 4.78 is 0. The van der Waals surface area contributed by atoms with Gasteiger partial charge >= 0.3 is 0 Å². The molecule has 3 heteroatoms. The first-order chi connectivity index (χ1) is 8.27. The highest BCUT2D eigenvalue weighted by Gasteiger charge is 2.23. The molecule has 1 aliphatic carbocycles. The highest BCUT2D eigenvalue weighted by atomic mass is 16.1. The van der Waals surface area contributed by atoms with Crippen molar-refractivity contribution in [1.82, 2.24) is 10.2 Å². The molecule has 0 unspecified atom stereocenters. The number of hydrogen-bond donors (Lipinski definition) is 1. The molecule has 1 saturated heterocycles. The van der Waals surface area contributed by atoms with Crippen molar-refractivity contribution in [3.05, 3.63) is 0 Å². The lowest BCUT2D eigenvalue weighted by molar-refractivity contribution is -0.126. The van der Waals surface area contributed by atoms with Crippen LogP contribution in [0.5, 0.6) is 0 Å². The monoisotopic (exact) mass is 238 g/mol. The molecule has 2 fully saturated rings. The van der Waals surface area contributed by atoms with E-state index >= 15 is 0 Å². The van der Waals surface area contributed by atoms with E-state index < -0.39 is 0 Å². The van der Waals surface area contributed by atoms with Crippen LogP contribution in [0.3, 0.4) is 0 Å². The molecule has 1 atom stereocenters. The largest absolute Gasteiger partial charge is 0.354 e. The summed E-state index contributed by atoms with van der Waals surface area (Å²) in [5, 5.41) is 3.15. The normalized spacial score (nSPS) is 24.8. The number of amides is 1. The summed E-state index contributed by atoms with van der Waals surface area (Å²) in [5.41, 5.74) is 0. The molecule has 1 aliphatic heterocycles. The first kappa shape index (κ1) is 12.9. The maximum absolute atomic E-state index is 12.0. The topological polar surface area (TPSA) is 32.3 Å². The van der Waals surface area contributed by atoms with Gasteiger partial charge in [-0.2, -0.15) is 0 Å². The van der Waals surface area contributed by atoms with Crippen molar-refractivity contribution >= 4 is 5.91 Å². The molecule has 0 bridgehead atoms. The van der Waals surface area contributed by atoms with Crippen molar-refractivity contribution in [2.45, 2.75) is 57.9 Å². The Balaban J connectivity index is 1.67. The van der Waals surface area contributed by atoms with E-state index in [4.69, 9.17) is 0 Å². The molecule has 1 saturated carbocycles. The second-order valence-corrected chi connectivity index (χ2v) is 5.67. The molecule has 98 valence electrons. The average molecular weight is 238 g/mol. The molecule has 2 rings (SSSR count). The number of likely N-dealkylation sites (tertiary alicyclic amines) is 1. The van der Waals surface area contributed by atoms with Crippen molar-refractivity contribution in [2.24, 2.45) is 5.92 Å². The standard InChI is InChI=1S/C14H26N2O/c1-12(16-9-5-6-10-16)11-15-14(17)13-7-3-2-4-8-13/h12-13H,2-11H2,1H3,(H,15,17)/t12-/m1/s1. The van der Waals surface area contributed by atoms with Gasteiger partial charge in [-0.15, -0.1) is 0 Å². The first-order valence-corrected chi connectivity index (χ1v) is 7.29. The summed E-state index contributed by atoms with van der Waals surface area (Å²) in [5.74, 6) is 0.602. The van der Waals surface area contributed by atoms with Gasteiger partial charge in [0.25, 0.3) is 0 Å². The Kier molecular flexibility index (Phi) is 4.84. The van der Waals surface area contributed by atoms with E-state index in [-0.39, 0.29) is 0 Å². The quantitative estimate of drug-likeness (QED) is 0.814. The summed E-state index contributed by atoms with van der Waals surface area (Å²) >= 11 is 0. The van der Waals surface area contributed by atoms with Crippen molar-refractivity contribution in [1.29, 1.82) is 0 Å². The van der Waals surface area contributed by atoms with E-state index in [0.29, 0.717) is 17.9 Å². The molecule has 0 aromatic rings. The number of hydrogen-bond acceptors (Lipinski definition) is 2. The van der Waals surface area contributed by atoms with E-state index in [1.54, 1.807) is 0 Å². The molecule has 17 heavy (non-hydrogen) atoms. The minimum atomic E-state index is 0.300. The van der Waals surface area contributed by atoms with E-state index in [1.807, 2.05) is 0 Å². The fourth-order valence-corrected chi connectivity index (χ4v) is 3.07. The van der Waals surface area contributed by atoms with Crippen LogP contribution in [-0.2, 0) is 4.79 Å². The molecular formula is C14H26N2O. The smallest absolute Gasteiger partial charge is 0.223 e. The second kappa shape index (κ2) is 6.39. The third-order valence-corrected chi connectivity index (χ3v) is 4.31. The zero-order chi connectivity index (χ0) is 12.1. The van der Waals surface area contributed by atoms with E-state index in [9.17, 15) is 4.79 Å².